The lowest BCUT2D eigenvalue weighted by molar-refractivity contribution is 1.19. The van der Waals surface area contributed by atoms with Gasteiger partial charge in [0.05, 0.1) is 37.2 Å². The van der Waals surface area contributed by atoms with Crippen molar-refractivity contribution in [2.45, 2.75) is 0 Å². The Morgan fingerprint density at radius 1 is 0.281 bits per heavy atom. The van der Waals surface area contributed by atoms with Gasteiger partial charge in [0.25, 0.3) is 0 Å². The number of hydrogen-bond acceptors (Lipinski definition) is 2. The van der Waals surface area contributed by atoms with Crippen LogP contribution in [-0.2, 0) is 0 Å². The summed E-state index contributed by atoms with van der Waals surface area (Å²) in [6.07, 6.45) is 0. The molecule has 0 aliphatic carbocycles. The van der Waals surface area contributed by atoms with Crippen molar-refractivity contribution in [2.24, 2.45) is 0 Å². The second kappa shape index (κ2) is 12.9. The van der Waals surface area contributed by atoms with Gasteiger partial charge in [-0.05, 0) is 80.5 Å². The number of thiophene rings is 2. The summed E-state index contributed by atoms with van der Waals surface area (Å²) in [5, 5.41) is 18.3. The Balaban J connectivity index is 0.964. The number of nitrogens with zero attached hydrogens (tertiary/aromatic N) is 2. The van der Waals surface area contributed by atoms with Crippen molar-refractivity contribution in [1.82, 2.24) is 9.13 Å². The third kappa shape index (κ3) is 4.53. The molecule has 0 saturated heterocycles. The van der Waals surface area contributed by atoms with Crippen molar-refractivity contribution in [3.8, 4) is 22.5 Å². The summed E-state index contributed by atoms with van der Waals surface area (Å²) in [4.78, 5) is 0. The molecule has 0 radical (unpaired) electrons. The first kappa shape index (κ1) is 34.8. The largest absolute Gasteiger partial charge is 0.308 e. The fourth-order valence-corrected chi connectivity index (χ4v) is 13.8. The van der Waals surface area contributed by atoms with Crippen LogP contribution < -0.4 is 0 Å². The van der Waals surface area contributed by atoms with Gasteiger partial charge in [0.1, 0.15) is 0 Å². The first-order chi connectivity index (χ1) is 31.8. The van der Waals surface area contributed by atoms with Crippen molar-refractivity contribution >= 4 is 139 Å². The molecule has 0 aliphatic rings. The van der Waals surface area contributed by atoms with Crippen LogP contribution in [0.4, 0.5) is 0 Å². The number of benzene rings is 11. The monoisotopic (exact) mass is 846 g/mol. The van der Waals surface area contributed by atoms with Gasteiger partial charge in [0, 0.05) is 63.6 Å². The van der Waals surface area contributed by atoms with E-state index in [1.54, 1.807) is 0 Å². The van der Waals surface area contributed by atoms with E-state index in [1.165, 1.54) is 133 Å². The zero-order valence-corrected chi connectivity index (χ0v) is 36.0. The fraction of sp³-hybridized carbons (Fsp3) is 0. The minimum Gasteiger partial charge on any atom is -0.308 e. The van der Waals surface area contributed by atoms with E-state index in [1.807, 2.05) is 22.7 Å². The second-order valence-corrected chi connectivity index (χ2v) is 19.2. The first-order valence-electron chi connectivity index (χ1n) is 21.9. The lowest BCUT2D eigenvalue weighted by atomic mass is 9.96. The average Bonchev–Trinajstić information content (AvgIpc) is 4.12. The molecule has 4 heterocycles. The van der Waals surface area contributed by atoms with Crippen molar-refractivity contribution in [1.29, 1.82) is 0 Å². The molecular weight excluding hydrogens is 813 g/mol. The predicted molar refractivity (Wildman–Crippen MR) is 279 cm³/mol. The van der Waals surface area contributed by atoms with Gasteiger partial charge in [0.15, 0.2) is 0 Å². The minimum atomic E-state index is 1.16. The number of fused-ring (bicyclic) bond motifs is 21. The van der Waals surface area contributed by atoms with Crippen molar-refractivity contribution in [2.75, 3.05) is 0 Å². The quantitative estimate of drug-likeness (QED) is 0.168. The lowest BCUT2D eigenvalue weighted by Crippen LogP contribution is -1.97. The summed E-state index contributed by atoms with van der Waals surface area (Å²) in [6.45, 7) is 0. The van der Waals surface area contributed by atoms with E-state index in [-0.39, 0.29) is 0 Å². The van der Waals surface area contributed by atoms with Crippen LogP contribution in [0.1, 0.15) is 0 Å². The van der Waals surface area contributed by atoms with Crippen LogP contribution in [0.3, 0.4) is 0 Å². The lowest BCUT2D eigenvalue weighted by Gasteiger charge is -2.16. The van der Waals surface area contributed by atoms with Crippen LogP contribution in [0.25, 0.3) is 139 Å². The van der Waals surface area contributed by atoms with Crippen LogP contribution in [0.15, 0.2) is 206 Å². The van der Waals surface area contributed by atoms with E-state index < -0.39 is 0 Å². The maximum Gasteiger partial charge on any atom is 0.0726 e. The summed E-state index contributed by atoms with van der Waals surface area (Å²) in [5.41, 5.74) is 9.80. The van der Waals surface area contributed by atoms with Crippen LogP contribution in [0.2, 0.25) is 0 Å². The Morgan fingerprint density at radius 3 is 1.23 bits per heavy atom. The molecule has 0 bridgehead atoms. The highest BCUT2D eigenvalue weighted by Crippen LogP contribution is 2.50. The van der Waals surface area contributed by atoms with Crippen LogP contribution in [-0.4, -0.2) is 9.13 Å². The summed E-state index contributed by atoms with van der Waals surface area (Å²) >= 11 is 3.83. The molecule has 2 nitrogen and oxygen atoms in total. The Labute approximate surface area is 374 Å². The molecule has 4 aromatic heterocycles. The Hall–Kier alpha value is -7.76. The summed E-state index contributed by atoms with van der Waals surface area (Å²) < 4.78 is 10.4. The second-order valence-electron chi connectivity index (χ2n) is 17.1. The average molecular weight is 847 g/mol. The first-order valence-corrected chi connectivity index (χ1v) is 23.6. The Kier molecular flexibility index (Phi) is 7.01. The highest BCUT2D eigenvalue weighted by atomic mass is 32.1. The molecule has 4 heteroatoms. The molecule has 0 amide bonds. The smallest absolute Gasteiger partial charge is 0.0726 e. The highest BCUT2D eigenvalue weighted by molar-refractivity contribution is 7.27. The van der Waals surface area contributed by atoms with Crippen molar-refractivity contribution < 1.29 is 0 Å². The van der Waals surface area contributed by atoms with E-state index >= 15 is 0 Å². The van der Waals surface area contributed by atoms with Gasteiger partial charge in [-0.15, -0.1) is 22.7 Å². The molecular formula is C60H34N2S2. The third-order valence-corrected chi connectivity index (χ3v) is 16.2. The van der Waals surface area contributed by atoms with Gasteiger partial charge < -0.3 is 9.13 Å². The van der Waals surface area contributed by atoms with Gasteiger partial charge in [0.2, 0.25) is 0 Å². The minimum absolute atomic E-state index is 1.16. The molecule has 64 heavy (non-hydrogen) atoms. The number of rotatable bonds is 3. The normalized spacial score (nSPS) is 12.4. The van der Waals surface area contributed by atoms with E-state index in [0.717, 1.165) is 5.69 Å². The molecule has 0 unspecified atom stereocenters. The van der Waals surface area contributed by atoms with Crippen LogP contribution >= 0.6 is 22.7 Å². The molecule has 0 spiro atoms. The van der Waals surface area contributed by atoms with E-state index in [0.29, 0.717) is 0 Å². The molecule has 15 aromatic rings. The number of hydrogen-bond donors (Lipinski definition) is 0. The molecule has 0 aliphatic heterocycles. The van der Waals surface area contributed by atoms with Gasteiger partial charge in [-0.25, -0.2) is 0 Å². The predicted octanol–water partition coefficient (Wildman–Crippen LogP) is 17.7. The van der Waals surface area contributed by atoms with Gasteiger partial charge in [-0.2, -0.15) is 0 Å². The van der Waals surface area contributed by atoms with Gasteiger partial charge in [-0.3, -0.25) is 0 Å². The summed E-state index contributed by atoms with van der Waals surface area (Å²) in [7, 11) is 0. The number of aromatic nitrogens is 2. The topological polar surface area (TPSA) is 9.86 Å². The third-order valence-electron chi connectivity index (χ3n) is 13.9. The number of para-hydroxylation sites is 2. The van der Waals surface area contributed by atoms with E-state index in [2.05, 4.69) is 215 Å². The highest BCUT2D eigenvalue weighted by Gasteiger charge is 2.24. The molecule has 0 saturated carbocycles. The Morgan fingerprint density at radius 2 is 0.688 bits per heavy atom. The molecule has 0 fully saturated rings. The van der Waals surface area contributed by atoms with Gasteiger partial charge in [-0.1, -0.05) is 164 Å². The molecule has 15 rings (SSSR count). The van der Waals surface area contributed by atoms with Gasteiger partial charge >= 0.3 is 0 Å². The van der Waals surface area contributed by atoms with Crippen LogP contribution in [0, 0.1) is 0 Å². The van der Waals surface area contributed by atoms with Crippen LogP contribution in [0.5, 0.6) is 0 Å². The maximum atomic E-state index is 2.56. The Bertz CT molecular complexity index is 4480. The molecule has 0 atom stereocenters. The van der Waals surface area contributed by atoms with E-state index in [4.69, 9.17) is 0 Å². The van der Waals surface area contributed by atoms with Crippen molar-refractivity contribution in [3.63, 3.8) is 0 Å². The molecule has 0 N–H and O–H groups in total. The zero-order chi connectivity index (χ0) is 41.6. The fourth-order valence-electron chi connectivity index (χ4n) is 11.3. The summed E-state index contributed by atoms with van der Waals surface area (Å²) in [5.74, 6) is 0. The molecule has 296 valence electrons. The maximum absolute atomic E-state index is 2.56. The van der Waals surface area contributed by atoms with E-state index in [9.17, 15) is 0 Å². The molecule has 11 aromatic carbocycles. The summed E-state index contributed by atoms with van der Waals surface area (Å²) in [6, 6.07) is 76.7. The SMILES string of the molecule is c1ccc2c(c1)sc1c2c2ccccc2c2c3ccccc3n(-c3ccc(-c4ccc(-n5c6ccccc6c6c7ccccc7c7c8ccccc8sc7c65)c5ccccc45)cc3)c12. The standard InChI is InChI=1S/C60H34N2S2/c1-2-16-39-38(15-1)37(33-34-50(39)62-49-26-12-8-22-45(49)54-41-18-4-6-20-43(41)56-47-24-10-14-28-52(47)64-60(56)58(54)62)35-29-31-36(32-30-35)61-48-25-11-7-21-44(48)53-40-17-3-5-19-42(40)55-46-23-9-13-27-51(46)63-59(55)57(53)61/h1-34H. The van der Waals surface area contributed by atoms with Crippen molar-refractivity contribution in [3.05, 3.63) is 206 Å². The zero-order valence-electron chi connectivity index (χ0n) is 34.3.